The molecule has 13 heavy (non-hydrogen) atoms. The second kappa shape index (κ2) is 4.84. The largest absolute Gasteiger partial charge is 0.340 e. The number of nitrogens with zero attached hydrogens (tertiary/aromatic N) is 1. The van der Waals surface area contributed by atoms with Gasteiger partial charge in [-0.15, -0.1) is 0 Å². The van der Waals surface area contributed by atoms with Crippen molar-refractivity contribution in [2.45, 2.75) is 32.6 Å². The second-order valence-corrected chi connectivity index (χ2v) is 3.54. The van der Waals surface area contributed by atoms with Gasteiger partial charge in [0, 0.05) is 12.8 Å². The highest BCUT2D eigenvalue weighted by Crippen LogP contribution is 2.29. The molecule has 4 heteroatoms. The van der Waals surface area contributed by atoms with E-state index in [1.165, 1.54) is 19.3 Å². The molecule has 0 aromatic heterocycles. The van der Waals surface area contributed by atoms with Gasteiger partial charge in [-0.05, 0) is 19.3 Å². The van der Waals surface area contributed by atoms with Crippen LogP contribution in [-0.2, 0) is 0 Å². The van der Waals surface area contributed by atoms with Crippen LogP contribution >= 0.6 is 0 Å². The van der Waals surface area contributed by atoms with Gasteiger partial charge in [-0.2, -0.15) is 5.10 Å². The average molecular weight is 183 g/mol. The fraction of sp³-hybridized carbons (Fsp3) is 0.778. The van der Waals surface area contributed by atoms with Crippen LogP contribution in [0.2, 0.25) is 0 Å². The van der Waals surface area contributed by atoms with Gasteiger partial charge in [0.05, 0.1) is 0 Å². The summed E-state index contributed by atoms with van der Waals surface area (Å²) in [5.74, 6) is 0.801. The monoisotopic (exact) mass is 183 g/mol. The van der Waals surface area contributed by atoms with Crippen LogP contribution < -0.4 is 10.7 Å². The molecule has 0 aromatic rings. The third-order valence-corrected chi connectivity index (χ3v) is 2.38. The maximum atomic E-state index is 10.8. The predicted molar refractivity (Wildman–Crippen MR) is 52.7 cm³/mol. The highest BCUT2D eigenvalue weighted by atomic mass is 16.2. The second-order valence-electron chi connectivity index (χ2n) is 3.54. The van der Waals surface area contributed by atoms with E-state index in [9.17, 15) is 4.79 Å². The average Bonchev–Trinajstić information content (AvgIpc) is 2.07. The van der Waals surface area contributed by atoms with Gasteiger partial charge in [0.25, 0.3) is 0 Å². The maximum absolute atomic E-state index is 10.8. The van der Waals surface area contributed by atoms with Crippen molar-refractivity contribution in [2.24, 2.45) is 11.0 Å². The fourth-order valence-corrected chi connectivity index (χ4v) is 1.36. The zero-order valence-corrected chi connectivity index (χ0v) is 8.26. The SMILES string of the molecule is CNC(=O)N/N=C(\C)CC1CCC1. The van der Waals surface area contributed by atoms with Gasteiger partial charge in [-0.3, -0.25) is 0 Å². The molecule has 2 amide bonds. The Balaban J connectivity index is 2.20. The first kappa shape index (κ1) is 10.0. The lowest BCUT2D eigenvalue weighted by molar-refractivity contribution is 0.243. The molecule has 0 radical (unpaired) electrons. The number of hydrogen-bond donors (Lipinski definition) is 2. The zero-order chi connectivity index (χ0) is 9.68. The third-order valence-electron chi connectivity index (χ3n) is 2.38. The minimum absolute atomic E-state index is 0.257. The lowest BCUT2D eigenvalue weighted by atomic mass is 9.82. The summed E-state index contributed by atoms with van der Waals surface area (Å²) < 4.78 is 0. The van der Waals surface area contributed by atoms with Crippen molar-refractivity contribution in [3.63, 3.8) is 0 Å². The van der Waals surface area contributed by atoms with E-state index in [0.717, 1.165) is 18.1 Å². The molecule has 1 fully saturated rings. The van der Waals surface area contributed by atoms with Crippen LogP contribution in [0.25, 0.3) is 0 Å². The summed E-state index contributed by atoms with van der Waals surface area (Å²) in [6, 6.07) is -0.257. The summed E-state index contributed by atoms with van der Waals surface area (Å²) in [6.45, 7) is 1.95. The summed E-state index contributed by atoms with van der Waals surface area (Å²) in [4.78, 5) is 10.8. The molecule has 4 nitrogen and oxygen atoms in total. The number of urea groups is 1. The number of hydrogen-bond acceptors (Lipinski definition) is 2. The lowest BCUT2D eigenvalue weighted by Gasteiger charge is -2.24. The molecule has 0 atom stereocenters. The van der Waals surface area contributed by atoms with Crippen LogP contribution in [0, 0.1) is 5.92 Å². The van der Waals surface area contributed by atoms with E-state index in [1.807, 2.05) is 6.92 Å². The summed E-state index contributed by atoms with van der Waals surface area (Å²) in [5.41, 5.74) is 3.43. The zero-order valence-electron chi connectivity index (χ0n) is 8.26. The molecule has 0 spiro atoms. The Kier molecular flexibility index (Phi) is 3.73. The molecular formula is C9H17N3O. The number of hydrazone groups is 1. The van der Waals surface area contributed by atoms with Crippen molar-refractivity contribution >= 4 is 11.7 Å². The molecule has 1 saturated carbocycles. The molecule has 2 N–H and O–H groups in total. The number of carbonyl (C=O) groups excluding carboxylic acids is 1. The van der Waals surface area contributed by atoms with E-state index in [-0.39, 0.29) is 6.03 Å². The fourth-order valence-electron chi connectivity index (χ4n) is 1.36. The van der Waals surface area contributed by atoms with Crippen LogP contribution in [0.1, 0.15) is 32.6 Å². The van der Waals surface area contributed by atoms with E-state index >= 15 is 0 Å². The molecule has 74 valence electrons. The van der Waals surface area contributed by atoms with E-state index < -0.39 is 0 Å². The van der Waals surface area contributed by atoms with Gasteiger partial charge in [-0.25, -0.2) is 10.2 Å². The number of carbonyl (C=O) groups is 1. The van der Waals surface area contributed by atoms with E-state index in [4.69, 9.17) is 0 Å². The number of amides is 2. The van der Waals surface area contributed by atoms with E-state index in [2.05, 4.69) is 15.8 Å². The van der Waals surface area contributed by atoms with Gasteiger partial charge in [0.2, 0.25) is 0 Å². The Bertz CT molecular complexity index is 209. The number of nitrogens with one attached hydrogen (secondary N) is 2. The molecule has 0 heterocycles. The minimum atomic E-state index is -0.257. The minimum Gasteiger partial charge on any atom is -0.340 e. The quantitative estimate of drug-likeness (QED) is 0.505. The molecule has 1 rings (SSSR count). The van der Waals surface area contributed by atoms with E-state index in [1.54, 1.807) is 7.05 Å². The molecular weight excluding hydrogens is 166 g/mol. The highest BCUT2D eigenvalue weighted by molar-refractivity contribution is 5.84. The summed E-state index contributed by atoms with van der Waals surface area (Å²) in [7, 11) is 1.58. The third kappa shape index (κ3) is 3.44. The van der Waals surface area contributed by atoms with Crippen molar-refractivity contribution in [1.82, 2.24) is 10.7 Å². The number of rotatable bonds is 3. The lowest BCUT2D eigenvalue weighted by Crippen LogP contribution is -2.29. The standard InChI is InChI=1S/C9H17N3O/c1-7(6-8-4-3-5-8)11-12-9(13)10-2/h8H,3-6H2,1-2H3,(H2,10,12,13)/b11-7+. The Morgan fingerprint density at radius 2 is 2.23 bits per heavy atom. The van der Waals surface area contributed by atoms with Crippen molar-refractivity contribution in [1.29, 1.82) is 0 Å². The van der Waals surface area contributed by atoms with E-state index in [0.29, 0.717) is 0 Å². The molecule has 0 aromatic carbocycles. The van der Waals surface area contributed by atoms with Crippen LogP contribution in [-0.4, -0.2) is 18.8 Å². The van der Waals surface area contributed by atoms with Gasteiger partial charge >= 0.3 is 6.03 Å². The van der Waals surface area contributed by atoms with Crippen LogP contribution in [0.5, 0.6) is 0 Å². The molecule has 0 saturated heterocycles. The maximum Gasteiger partial charge on any atom is 0.334 e. The van der Waals surface area contributed by atoms with Crippen molar-refractivity contribution in [2.75, 3.05) is 7.05 Å². The van der Waals surface area contributed by atoms with Crippen molar-refractivity contribution in [3.05, 3.63) is 0 Å². The first-order valence-electron chi connectivity index (χ1n) is 4.73. The Labute approximate surface area is 78.8 Å². The predicted octanol–water partition coefficient (Wildman–Crippen LogP) is 1.48. The van der Waals surface area contributed by atoms with Crippen LogP contribution in [0.15, 0.2) is 5.10 Å². The van der Waals surface area contributed by atoms with Crippen LogP contribution in [0.3, 0.4) is 0 Å². The van der Waals surface area contributed by atoms with Gasteiger partial charge in [0.15, 0.2) is 0 Å². The molecule has 0 aliphatic heterocycles. The Morgan fingerprint density at radius 1 is 1.54 bits per heavy atom. The van der Waals surface area contributed by atoms with Crippen LogP contribution in [0.4, 0.5) is 4.79 Å². The Hall–Kier alpha value is -1.06. The van der Waals surface area contributed by atoms with Gasteiger partial charge in [-0.1, -0.05) is 19.3 Å². The first-order valence-corrected chi connectivity index (χ1v) is 4.73. The molecule has 1 aliphatic rings. The highest BCUT2D eigenvalue weighted by Gasteiger charge is 2.17. The van der Waals surface area contributed by atoms with Gasteiger partial charge in [0.1, 0.15) is 0 Å². The smallest absolute Gasteiger partial charge is 0.334 e. The molecule has 0 bridgehead atoms. The summed E-state index contributed by atoms with van der Waals surface area (Å²) in [5, 5.41) is 6.42. The topological polar surface area (TPSA) is 53.5 Å². The van der Waals surface area contributed by atoms with Crippen molar-refractivity contribution < 1.29 is 4.79 Å². The Morgan fingerprint density at radius 3 is 2.69 bits per heavy atom. The summed E-state index contributed by atoms with van der Waals surface area (Å²) >= 11 is 0. The molecule has 1 aliphatic carbocycles. The van der Waals surface area contributed by atoms with Crippen molar-refractivity contribution in [3.8, 4) is 0 Å². The molecule has 0 unspecified atom stereocenters. The first-order chi connectivity index (χ1) is 6.22. The normalized spacial score (nSPS) is 17.8. The summed E-state index contributed by atoms with van der Waals surface area (Å²) in [6.07, 6.45) is 4.99. The van der Waals surface area contributed by atoms with Gasteiger partial charge < -0.3 is 5.32 Å².